The molecule has 1 aliphatic heterocycles. The van der Waals surface area contributed by atoms with E-state index < -0.39 is 0 Å². The highest BCUT2D eigenvalue weighted by Crippen LogP contribution is 2.28. The van der Waals surface area contributed by atoms with E-state index in [0.717, 1.165) is 36.4 Å². The summed E-state index contributed by atoms with van der Waals surface area (Å²) in [7, 11) is 1.93. The van der Waals surface area contributed by atoms with Gasteiger partial charge in [0.2, 0.25) is 0 Å². The Morgan fingerprint density at radius 1 is 1.61 bits per heavy atom. The van der Waals surface area contributed by atoms with Gasteiger partial charge in [0.15, 0.2) is 0 Å². The Labute approximate surface area is 116 Å². The van der Waals surface area contributed by atoms with Crippen molar-refractivity contribution in [3.63, 3.8) is 0 Å². The fraction of sp³-hybridized carbons (Fsp3) is 0.462. The summed E-state index contributed by atoms with van der Waals surface area (Å²) in [5.41, 5.74) is 1.80. The molecule has 0 spiro atoms. The standard InChI is InChI=1S/C13H16BrN3O/c1-16-8-11-9-17(4-5-18-11)13-3-2-10(7-15)6-12(13)14/h2-3,6,11,16H,4-5,8-9H2,1H3. The molecule has 2 rings (SSSR count). The molecule has 1 aromatic carbocycles. The molecule has 1 N–H and O–H groups in total. The van der Waals surface area contributed by atoms with Crippen LogP contribution in [0, 0.1) is 11.3 Å². The van der Waals surface area contributed by atoms with Crippen LogP contribution >= 0.6 is 15.9 Å². The van der Waals surface area contributed by atoms with E-state index in [4.69, 9.17) is 10.00 Å². The van der Waals surface area contributed by atoms with Gasteiger partial charge in [-0.05, 0) is 41.2 Å². The second-order valence-corrected chi connectivity index (χ2v) is 5.13. The summed E-state index contributed by atoms with van der Waals surface area (Å²) in [4.78, 5) is 2.29. The summed E-state index contributed by atoms with van der Waals surface area (Å²) >= 11 is 3.53. The summed E-state index contributed by atoms with van der Waals surface area (Å²) in [5.74, 6) is 0. The Bertz CT molecular complexity index is 456. The molecule has 1 saturated heterocycles. The Morgan fingerprint density at radius 2 is 2.44 bits per heavy atom. The molecule has 0 radical (unpaired) electrons. The number of hydrogen-bond acceptors (Lipinski definition) is 4. The lowest BCUT2D eigenvalue weighted by Gasteiger charge is -2.35. The van der Waals surface area contributed by atoms with Crippen LogP contribution in [0.4, 0.5) is 5.69 Å². The maximum Gasteiger partial charge on any atom is 0.0992 e. The van der Waals surface area contributed by atoms with Crippen molar-refractivity contribution in [1.82, 2.24) is 5.32 Å². The molecule has 1 heterocycles. The first-order valence-corrected chi connectivity index (χ1v) is 6.74. The SMILES string of the molecule is CNCC1CN(c2ccc(C#N)cc2Br)CCO1. The number of nitriles is 1. The minimum absolute atomic E-state index is 0.214. The van der Waals surface area contributed by atoms with Crippen molar-refractivity contribution in [3.8, 4) is 6.07 Å². The van der Waals surface area contributed by atoms with Gasteiger partial charge in [-0.1, -0.05) is 0 Å². The van der Waals surface area contributed by atoms with Gasteiger partial charge in [0.1, 0.15) is 0 Å². The van der Waals surface area contributed by atoms with Crippen LogP contribution in [0.15, 0.2) is 22.7 Å². The normalized spacial score (nSPS) is 19.6. The third kappa shape index (κ3) is 3.02. The number of morpholine rings is 1. The van der Waals surface area contributed by atoms with E-state index in [1.54, 1.807) is 0 Å². The highest BCUT2D eigenvalue weighted by molar-refractivity contribution is 9.10. The zero-order valence-corrected chi connectivity index (χ0v) is 11.9. The zero-order chi connectivity index (χ0) is 13.0. The van der Waals surface area contributed by atoms with Crippen LogP contribution < -0.4 is 10.2 Å². The molecule has 0 aliphatic carbocycles. The molecule has 0 amide bonds. The number of halogens is 1. The molecule has 1 aromatic rings. The Balaban J connectivity index is 2.13. The molecule has 1 fully saturated rings. The van der Waals surface area contributed by atoms with Gasteiger partial charge in [-0.2, -0.15) is 5.26 Å². The molecule has 1 aliphatic rings. The number of rotatable bonds is 3. The molecule has 0 saturated carbocycles. The average Bonchev–Trinajstić information content (AvgIpc) is 2.39. The quantitative estimate of drug-likeness (QED) is 0.924. The van der Waals surface area contributed by atoms with E-state index in [1.165, 1.54) is 0 Å². The summed E-state index contributed by atoms with van der Waals surface area (Å²) < 4.78 is 6.65. The summed E-state index contributed by atoms with van der Waals surface area (Å²) in [6.45, 7) is 3.33. The number of ether oxygens (including phenoxy) is 1. The number of nitrogens with zero attached hydrogens (tertiary/aromatic N) is 2. The van der Waals surface area contributed by atoms with Gasteiger partial charge in [0.25, 0.3) is 0 Å². The smallest absolute Gasteiger partial charge is 0.0992 e. The lowest BCUT2D eigenvalue weighted by molar-refractivity contribution is 0.0421. The second kappa shape index (κ2) is 6.19. The van der Waals surface area contributed by atoms with E-state index in [9.17, 15) is 0 Å². The Kier molecular flexibility index (Phi) is 4.59. The van der Waals surface area contributed by atoms with Crippen molar-refractivity contribution in [2.45, 2.75) is 6.10 Å². The highest BCUT2D eigenvalue weighted by Gasteiger charge is 2.21. The molecular weight excluding hydrogens is 294 g/mol. The first-order chi connectivity index (χ1) is 8.74. The fourth-order valence-corrected chi connectivity index (χ4v) is 2.75. The van der Waals surface area contributed by atoms with Crippen LogP contribution in [0.5, 0.6) is 0 Å². The number of nitrogens with one attached hydrogen (secondary N) is 1. The van der Waals surface area contributed by atoms with Crippen molar-refractivity contribution in [2.75, 3.05) is 38.2 Å². The number of hydrogen-bond donors (Lipinski definition) is 1. The minimum Gasteiger partial charge on any atom is -0.373 e. The number of anilines is 1. The third-order valence-electron chi connectivity index (χ3n) is 2.99. The van der Waals surface area contributed by atoms with E-state index in [0.29, 0.717) is 5.56 Å². The molecule has 1 atom stereocenters. The molecule has 4 nitrogen and oxygen atoms in total. The van der Waals surface area contributed by atoms with Crippen molar-refractivity contribution < 1.29 is 4.74 Å². The summed E-state index contributed by atoms with van der Waals surface area (Å²) in [6.07, 6.45) is 0.214. The maximum atomic E-state index is 8.86. The molecule has 96 valence electrons. The number of likely N-dealkylation sites (N-methyl/N-ethyl adjacent to an activating group) is 1. The predicted octanol–water partition coefficient (Wildman–Crippen LogP) is 1.75. The van der Waals surface area contributed by atoms with Crippen molar-refractivity contribution in [1.29, 1.82) is 5.26 Å². The van der Waals surface area contributed by atoms with Gasteiger partial charge >= 0.3 is 0 Å². The van der Waals surface area contributed by atoms with Gasteiger partial charge in [-0.3, -0.25) is 0 Å². The monoisotopic (exact) mass is 309 g/mol. The average molecular weight is 310 g/mol. The number of benzene rings is 1. The van der Waals surface area contributed by atoms with Crippen LogP contribution in [0.2, 0.25) is 0 Å². The van der Waals surface area contributed by atoms with Crippen LogP contribution in [-0.4, -0.2) is 39.4 Å². The largest absolute Gasteiger partial charge is 0.373 e. The fourth-order valence-electron chi connectivity index (χ4n) is 2.12. The lowest BCUT2D eigenvalue weighted by atomic mass is 10.2. The maximum absolute atomic E-state index is 8.86. The Morgan fingerprint density at radius 3 is 3.11 bits per heavy atom. The second-order valence-electron chi connectivity index (χ2n) is 4.27. The van der Waals surface area contributed by atoms with Crippen molar-refractivity contribution in [3.05, 3.63) is 28.2 Å². The van der Waals surface area contributed by atoms with Crippen LogP contribution in [0.25, 0.3) is 0 Å². The topological polar surface area (TPSA) is 48.3 Å². The first-order valence-electron chi connectivity index (χ1n) is 5.95. The molecule has 5 heteroatoms. The Hall–Kier alpha value is -1.09. The van der Waals surface area contributed by atoms with Crippen LogP contribution in [-0.2, 0) is 4.74 Å². The van der Waals surface area contributed by atoms with E-state index in [-0.39, 0.29) is 6.10 Å². The van der Waals surface area contributed by atoms with E-state index in [2.05, 4.69) is 32.2 Å². The molecule has 0 aromatic heterocycles. The van der Waals surface area contributed by atoms with Crippen LogP contribution in [0.1, 0.15) is 5.56 Å². The molecule has 0 bridgehead atoms. The third-order valence-corrected chi connectivity index (χ3v) is 3.62. The molecule has 1 unspecified atom stereocenters. The summed E-state index contributed by atoms with van der Waals surface area (Å²) in [6, 6.07) is 7.84. The predicted molar refractivity (Wildman–Crippen MR) is 74.7 cm³/mol. The van der Waals surface area contributed by atoms with Gasteiger partial charge in [0.05, 0.1) is 30.0 Å². The highest BCUT2D eigenvalue weighted by atomic mass is 79.9. The van der Waals surface area contributed by atoms with Gasteiger partial charge in [0, 0.05) is 24.1 Å². The minimum atomic E-state index is 0.214. The first kappa shape index (κ1) is 13.3. The van der Waals surface area contributed by atoms with Crippen molar-refractivity contribution in [2.24, 2.45) is 0 Å². The van der Waals surface area contributed by atoms with Gasteiger partial charge in [-0.15, -0.1) is 0 Å². The lowest BCUT2D eigenvalue weighted by Crippen LogP contribution is -2.46. The van der Waals surface area contributed by atoms with E-state index in [1.807, 2.05) is 25.2 Å². The molecular formula is C13H16BrN3O. The van der Waals surface area contributed by atoms with Gasteiger partial charge < -0.3 is 15.0 Å². The van der Waals surface area contributed by atoms with E-state index >= 15 is 0 Å². The van der Waals surface area contributed by atoms with Crippen LogP contribution in [0.3, 0.4) is 0 Å². The summed E-state index contributed by atoms with van der Waals surface area (Å²) in [5, 5.41) is 12.0. The van der Waals surface area contributed by atoms with Crippen molar-refractivity contribution >= 4 is 21.6 Å². The van der Waals surface area contributed by atoms with Gasteiger partial charge in [-0.25, -0.2) is 0 Å². The zero-order valence-electron chi connectivity index (χ0n) is 10.3. The molecule has 18 heavy (non-hydrogen) atoms.